The second kappa shape index (κ2) is 11.1. The maximum Gasteiger partial charge on any atom is 0.407 e. The van der Waals surface area contributed by atoms with Crippen LogP contribution in [-0.2, 0) is 11.8 Å². The van der Waals surface area contributed by atoms with Gasteiger partial charge in [0.1, 0.15) is 24.5 Å². The van der Waals surface area contributed by atoms with Gasteiger partial charge in [-0.1, -0.05) is 20.8 Å². The second-order valence-corrected chi connectivity index (χ2v) is 11.7. The predicted octanol–water partition coefficient (Wildman–Crippen LogP) is 5.01. The first-order chi connectivity index (χ1) is 18.7. The third kappa shape index (κ3) is 5.63. The van der Waals surface area contributed by atoms with Crippen LogP contribution in [0.3, 0.4) is 0 Å². The minimum atomic E-state index is -0.564. The zero-order valence-electron chi connectivity index (χ0n) is 23.6. The molecule has 0 spiro atoms. The molecule has 0 bridgehead atoms. The molecule has 40 heavy (non-hydrogen) atoms. The number of hydrogen-bond donors (Lipinski definition) is 1. The van der Waals surface area contributed by atoms with Gasteiger partial charge in [0.2, 0.25) is 5.28 Å². The van der Waals surface area contributed by atoms with Crippen LogP contribution in [0.25, 0.3) is 11.2 Å². The number of imidazole rings is 1. The van der Waals surface area contributed by atoms with Gasteiger partial charge in [-0.05, 0) is 68.2 Å². The molecule has 3 aromatic rings. The maximum absolute atomic E-state index is 13.1. The molecular weight excluding hydrogens is 540 g/mol. The van der Waals surface area contributed by atoms with Crippen molar-refractivity contribution in [2.45, 2.75) is 71.9 Å². The van der Waals surface area contributed by atoms with E-state index >= 15 is 0 Å². The number of nitro benzene ring substituents is 1. The lowest BCUT2D eigenvalue weighted by molar-refractivity contribution is -0.385. The first-order valence-corrected chi connectivity index (χ1v) is 13.5. The Balaban J connectivity index is 1.40. The Kier molecular flexibility index (Phi) is 8.11. The highest BCUT2D eigenvalue weighted by molar-refractivity contribution is 6.28. The quantitative estimate of drug-likeness (QED) is 0.179. The van der Waals surface area contributed by atoms with Gasteiger partial charge in [0.15, 0.2) is 5.65 Å². The molecule has 1 saturated carbocycles. The minimum absolute atomic E-state index is 0.0247. The molecule has 4 rings (SSSR count). The van der Waals surface area contributed by atoms with Gasteiger partial charge in [0, 0.05) is 24.2 Å². The van der Waals surface area contributed by atoms with Gasteiger partial charge in [0.25, 0.3) is 5.69 Å². The van der Waals surface area contributed by atoms with Crippen molar-refractivity contribution in [1.29, 1.82) is 0 Å². The summed E-state index contributed by atoms with van der Waals surface area (Å²) >= 11 is 6.03. The summed E-state index contributed by atoms with van der Waals surface area (Å²) in [5.74, 6) is 0.376. The number of hydrogen-bond acceptors (Lipinski definition) is 8. The van der Waals surface area contributed by atoms with Crippen molar-refractivity contribution < 1.29 is 19.2 Å². The van der Waals surface area contributed by atoms with Crippen LogP contribution in [0.4, 0.5) is 10.5 Å². The van der Waals surface area contributed by atoms with Crippen LogP contribution < -0.4 is 15.7 Å². The van der Waals surface area contributed by atoms with Crippen molar-refractivity contribution in [3.05, 3.63) is 55.3 Å². The number of rotatable bonds is 7. The lowest BCUT2D eigenvalue weighted by Crippen LogP contribution is -2.59. The number of nitro groups is 1. The van der Waals surface area contributed by atoms with Crippen molar-refractivity contribution in [2.24, 2.45) is 12.5 Å². The lowest BCUT2D eigenvalue weighted by Gasteiger charge is -2.49. The van der Waals surface area contributed by atoms with E-state index in [0.717, 1.165) is 5.56 Å². The SMILES string of the molecule is Cc1cc(C)c([N+](=O)[O-])cc1OCCOC(=O)NC1(C(C)(C)C)CCC(n2c(=O)n(C)c3cnc(Cl)nc32)CC1. The zero-order chi connectivity index (χ0) is 29.4. The molecule has 0 atom stereocenters. The number of fused-ring (bicyclic) bond motifs is 1. The van der Waals surface area contributed by atoms with E-state index in [0.29, 0.717) is 48.2 Å². The lowest BCUT2D eigenvalue weighted by atomic mass is 9.64. The van der Waals surface area contributed by atoms with Crippen LogP contribution >= 0.6 is 11.6 Å². The average Bonchev–Trinajstić information content (AvgIpc) is 3.11. The van der Waals surface area contributed by atoms with Gasteiger partial charge >= 0.3 is 11.8 Å². The molecule has 1 aromatic carbocycles. The Morgan fingerprint density at radius 2 is 1.90 bits per heavy atom. The predicted molar refractivity (Wildman–Crippen MR) is 150 cm³/mol. The van der Waals surface area contributed by atoms with Gasteiger partial charge in [-0.2, -0.15) is 4.98 Å². The zero-order valence-corrected chi connectivity index (χ0v) is 24.4. The number of benzene rings is 1. The number of nitrogens with zero attached hydrogens (tertiary/aromatic N) is 5. The highest BCUT2D eigenvalue weighted by atomic mass is 35.5. The highest BCUT2D eigenvalue weighted by Crippen LogP contribution is 2.45. The largest absolute Gasteiger partial charge is 0.489 e. The molecule has 1 N–H and O–H groups in total. The summed E-state index contributed by atoms with van der Waals surface area (Å²) in [7, 11) is 1.68. The van der Waals surface area contributed by atoms with Gasteiger partial charge in [-0.15, -0.1) is 0 Å². The molecule has 216 valence electrons. The third-order valence-corrected chi connectivity index (χ3v) is 8.20. The van der Waals surface area contributed by atoms with Crippen molar-refractivity contribution in [3.8, 4) is 5.75 Å². The van der Waals surface area contributed by atoms with Gasteiger partial charge < -0.3 is 14.8 Å². The van der Waals surface area contributed by atoms with E-state index in [1.54, 1.807) is 37.7 Å². The molecule has 0 saturated heterocycles. The monoisotopic (exact) mass is 574 g/mol. The van der Waals surface area contributed by atoms with Gasteiger partial charge in [-0.3, -0.25) is 19.2 Å². The number of halogens is 1. The Morgan fingerprint density at radius 3 is 2.52 bits per heavy atom. The van der Waals surface area contributed by atoms with E-state index in [9.17, 15) is 19.7 Å². The van der Waals surface area contributed by atoms with Crippen LogP contribution in [0.2, 0.25) is 5.28 Å². The molecule has 1 aliphatic carbocycles. The van der Waals surface area contributed by atoms with Crippen LogP contribution in [0.5, 0.6) is 5.75 Å². The van der Waals surface area contributed by atoms with E-state index in [1.807, 2.05) is 0 Å². The van der Waals surface area contributed by atoms with Crippen molar-refractivity contribution in [1.82, 2.24) is 24.4 Å². The summed E-state index contributed by atoms with van der Waals surface area (Å²) in [6.45, 7) is 9.71. The molecular formula is C27H35ClN6O6. The van der Waals surface area contributed by atoms with E-state index in [4.69, 9.17) is 21.1 Å². The molecule has 1 fully saturated rings. The number of aromatic nitrogens is 4. The molecule has 0 radical (unpaired) electrons. The fraction of sp³-hybridized carbons (Fsp3) is 0.556. The van der Waals surface area contributed by atoms with E-state index in [2.05, 4.69) is 36.1 Å². The third-order valence-electron chi connectivity index (χ3n) is 8.02. The Hall–Kier alpha value is -3.67. The molecule has 1 aliphatic rings. The van der Waals surface area contributed by atoms with Crippen LogP contribution in [0.15, 0.2) is 23.1 Å². The van der Waals surface area contributed by atoms with Crippen LogP contribution in [0.1, 0.15) is 63.6 Å². The fourth-order valence-electron chi connectivity index (χ4n) is 5.55. The number of alkyl carbamates (subject to hydrolysis) is 1. The van der Waals surface area contributed by atoms with E-state index in [-0.39, 0.29) is 41.3 Å². The summed E-state index contributed by atoms with van der Waals surface area (Å²) < 4.78 is 14.3. The number of carbonyl (C=O) groups excluding carboxylic acids is 1. The summed E-state index contributed by atoms with van der Waals surface area (Å²) in [6.07, 6.45) is 3.53. The normalized spacial score (nSPS) is 19.4. The standard InChI is InChI=1S/C27H35ClN6O6/c1-16-13-17(2)21(14-19(16)34(37)38)39-11-12-40-24(35)31-27(26(3,4)5)9-7-18(8-10-27)33-22-20(32(6)25(33)36)15-29-23(28)30-22/h13-15,18H,7-12H2,1-6H3,(H,31,35). The minimum Gasteiger partial charge on any atom is -0.489 e. The van der Waals surface area contributed by atoms with Crippen LogP contribution in [0, 0.1) is 29.4 Å². The van der Waals surface area contributed by atoms with E-state index < -0.39 is 16.6 Å². The molecule has 1 amide bonds. The highest BCUT2D eigenvalue weighted by Gasteiger charge is 2.46. The Bertz CT molecular complexity index is 1500. The number of nitrogens with one attached hydrogen (secondary N) is 1. The summed E-state index contributed by atoms with van der Waals surface area (Å²) in [5, 5.41) is 14.4. The first-order valence-electron chi connectivity index (χ1n) is 13.2. The number of aryl methyl sites for hydroxylation is 3. The van der Waals surface area contributed by atoms with Crippen LogP contribution in [-0.4, -0.2) is 48.9 Å². The van der Waals surface area contributed by atoms with Gasteiger partial charge in [-0.25, -0.2) is 14.6 Å². The molecule has 0 unspecified atom stereocenters. The smallest absolute Gasteiger partial charge is 0.407 e. The molecule has 2 aromatic heterocycles. The fourth-order valence-corrected chi connectivity index (χ4v) is 5.68. The van der Waals surface area contributed by atoms with Gasteiger partial charge in [0.05, 0.1) is 17.2 Å². The topological polar surface area (TPSA) is 143 Å². The average molecular weight is 575 g/mol. The summed E-state index contributed by atoms with van der Waals surface area (Å²) in [5.41, 5.74) is 1.37. The second-order valence-electron chi connectivity index (χ2n) is 11.4. The summed E-state index contributed by atoms with van der Waals surface area (Å²) in [4.78, 5) is 45.0. The van der Waals surface area contributed by atoms with E-state index in [1.165, 1.54) is 10.6 Å². The summed E-state index contributed by atoms with van der Waals surface area (Å²) in [6, 6.07) is 2.97. The molecule has 12 nitrogen and oxygen atoms in total. The number of ether oxygens (including phenoxy) is 2. The molecule has 13 heteroatoms. The number of amides is 1. The molecule has 2 heterocycles. The molecule has 0 aliphatic heterocycles. The Labute approximate surface area is 236 Å². The Morgan fingerprint density at radius 1 is 1.23 bits per heavy atom. The van der Waals surface area contributed by atoms with Crippen molar-refractivity contribution in [2.75, 3.05) is 13.2 Å². The first kappa shape index (κ1) is 29.3. The van der Waals surface area contributed by atoms with Crippen molar-refractivity contribution in [3.63, 3.8) is 0 Å². The van der Waals surface area contributed by atoms with Crippen molar-refractivity contribution >= 4 is 34.5 Å². The maximum atomic E-state index is 13.1. The number of carbonyl (C=O) groups is 1.